The van der Waals surface area contributed by atoms with Crippen LogP contribution in [0.2, 0.25) is 0 Å². The zero-order valence-corrected chi connectivity index (χ0v) is 21.7. The maximum absolute atomic E-state index is 6.41. The molecule has 0 aliphatic carbocycles. The molecule has 1 N–H and O–H groups in total. The Kier molecular flexibility index (Phi) is 6.50. The average Bonchev–Trinajstić information content (AvgIpc) is 2.89. The number of nitrogens with zero attached hydrogens (tertiary/aromatic N) is 6. The summed E-state index contributed by atoms with van der Waals surface area (Å²) in [6.45, 7) is 14.3. The average molecular weight is 488 g/mol. The van der Waals surface area contributed by atoms with Crippen molar-refractivity contribution in [2.24, 2.45) is 0 Å². The number of fused-ring (bicyclic) bond motifs is 2. The molecule has 3 aliphatic rings. The predicted octanol–water partition coefficient (Wildman–Crippen LogP) is 2.96. The maximum atomic E-state index is 6.41. The number of aryl methyl sites for hydroxylation is 1. The fourth-order valence-electron chi connectivity index (χ4n) is 6.03. The van der Waals surface area contributed by atoms with Gasteiger partial charge in [0.1, 0.15) is 11.3 Å². The van der Waals surface area contributed by atoms with Crippen molar-refractivity contribution in [1.82, 2.24) is 25.2 Å². The highest BCUT2D eigenvalue weighted by Gasteiger charge is 2.30. The Balaban J connectivity index is 1.10. The molecule has 8 nitrogen and oxygen atoms in total. The van der Waals surface area contributed by atoms with Gasteiger partial charge in [-0.3, -0.25) is 14.9 Å². The molecule has 3 aliphatic heterocycles. The van der Waals surface area contributed by atoms with E-state index >= 15 is 0 Å². The van der Waals surface area contributed by atoms with Crippen molar-refractivity contribution < 1.29 is 4.74 Å². The quantitative estimate of drug-likeness (QED) is 0.603. The summed E-state index contributed by atoms with van der Waals surface area (Å²) in [6.07, 6.45) is 7.08. The SMILES string of the molecule is Cc1ccc(N2CC(CN3CCN(c4cc5c(cn4)CCN[C@@H]5C)CC3)O[C@H](C)C2)c2nccnc12. The van der Waals surface area contributed by atoms with Crippen molar-refractivity contribution in [3.8, 4) is 0 Å². The van der Waals surface area contributed by atoms with Crippen molar-refractivity contribution in [3.05, 3.63) is 53.5 Å². The molecule has 1 unspecified atom stereocenters. The first-order chi connectivity index (χ1) is 17.5. The van der Waals surface area contributed by atoms with Crippen molar-refractivity contribution in [2.75, 3.05) is 62.2 Å². The van der Waals surface area contributed by atoms with Gasteiger partial charge in [-0.2, -0.15) is 0 Å². The largest absolute Gasteiger partial charge is 0.370 e. The van der Waals surface area contributed by atoms with Crippen LogP contribution >= 0.6 is 0 Å². The van der Waals surface area contributed by atoms with Gasteiger partial charge in [0.15, 0.2) is 0 Å². The zero-order valence-electron chi connectivity index (χ0n) is 21.7. The van der Waals surface area contributed by atoms with Crippen molar-refractivity contribution >= 4 is 22.5 Å². The molecule has 6 rings (SSSR count). The standard InChI is InChI=1S/C28H37N7O/c1-19-4-5-25(28-27(19)30-8-9-31-28)35-16-20(2)36-23(18-35)17-33-10-12-34(13-11-33)26-14-24-21(3)29-7-6-22(24)15-32-26/h4-5,8-9,14-15,20-21,23,29H,6-7,10-13,16-18H2,1-3H3/t20-,21-,23?/m1/s1. The number of benzene rings is 1. The van der Waals surface area contributed by atoms with E-state index in [0.717, 1.165) is 86.9 Å². The third kappa shape index (κ3) is 4.65. The van der Waals surface area contributed by atoms with Crippen LogP contribution in [0.15, 0.2) is 36.8 Å². The molecule has 1 aromatic carbocycles. The lowest BCUT2D eigenvalue weighted by Gasteiger charge is -2.42. The number of aromatic nitrogens is 3. The predicted molar refractivity (Wildman–Crippen MR) is 144 cm³/mol. The molecular weight excluding hydrogens is 450 g/mol. The van der Waals surface area contributed by atoms with Gasteiger partial charge in [0.2, 0.25) is 0 Å². The highest BCUT2D eigenvalue weighted by Crippen LogP contribution is 2.29. The molecule has 2 saturated heterocycles. The third-order valence-electron chi connectivity index (χ3n) is 7.95. The third-order valence-corrected chi connectivity index (χ3v) is 7.95. The van der Waals surface area contributed by atoms with Gasteiger partial charge < -0.3 is 19.9 Å². The monoisotopic (exact) mass is 487 g/mol. The maximum Gasteiger partial charge on any atom is 0.128 e. The van der Waals surface area contributed by atoms with E-state index < -0.39 is 0 Å². The molecule has 2 aromatic heterocycles. The summed E-state index contributed by atoms with van der Waals surface area (Å²) in [7, 11) is 0. The lowest BCUT2D eigenvalue weighted by molar-refractivity contribution is -0.0327. The Hall–Kier alpha value is -2.81. The molecule has 0 amide bonds. The van der Waals surface area contributed by atoms with E-state index in [1.54, 1.807) is 12.4 Å². The second-order valence-corrected chi connectivity index (χ2v) is 10.6. The Morgan fingerprint density at radius 3 is 2.61 bits per heavy atom. The second-order valence-electron chi connectivity index (χ2n) is 10.6. The Bertz CT molecular complexity index is 1230. The van der Waals surface area contributed by atoms with Crippen LogP contribution in [-0.4, -0.2) is 84.4 Å². The Morgan fingerprint density at radius 1 is 0.972 bits per heavy atom. The van der Waals surface area contributed by atoms with E-state index in [0.29, 0.717) is 6.04 Å². The van der Waals surface area contributed by atoms with Gasteiger partial charge in [-0.15, -0.1) is 0 Å². The minimum Gasteiger partial charge on any atom is -0.370 e. The van der Waals surface area contributed by atoms with Gasteiger partial charge >= 0.3 is 0 Å². The lowest BCUT2D eigenvalue weighted by Crippen LogP contribution is -2.54. The van der Waals surface area contributed by atoms with Crippen LogP contribution in [0.1, 0.15) is 36.6 Å². The summed E-state index contributed by atoms with van der Waals surface area (Å²) in [4.78, 5) is 21.5. The summed E-state index contributed by atoms with van der Waals surface area (Å²) in [5, 5.41) is 3.57. The fraction of sp³-hybridized carbons (Fsp3) is 0.536. The van der Waals surface area contributed by atoms with E-state index in [1.165, 1.54) is 11.1 Å². The molecule has 8 heteroatoms. The van der Waals surface area contributed by atoms with Crippen LogP contribution in [0, 0.1) is 6.92 Å². The number of hydrogen-bond acceptors (Lipinski definition) is 8. The molecule has 0 bridgehead atoms. The van der Waals surface area contributed by atoms with Crippen LogP contribution in [-0.2, 0) is 11.2 Å². The van der Waals surface area contributed by atoms with Gasteiger partial charge in [0.25, 0.3) is 0 Å². The van der Waals surface area contributed by atoms with Gasteiger partial charge in [0.05, 0.1) is 23.4 Å². The summed E-state index contributed by atoms with van der Waals surface area (Å²) in [6, 6.07) is 7.07. The summed E-state index contributed by atoms with van der Waals surface area (Å²) in [5.41, 5.74) is 7.10. The van der Waals surface area contributed by atoms with E-state index in [2.05, 4.69) is 75.2 Å². The molecule has 190 valence electrons. The number of piperazine rings is 1. The minimum absolute atomic E-state index is 0.169. The normalized spacial score (nSPS) is 25.2. The zero-order chi connectivity index (χ0) is 24.6. The molecule has 0 radical (unpaired) electrons. The van der Waals surface area contributed by atoms with Gasteiger partial charge in [-0.05, 0) is 62.6 Å². The first-order valence-corrected chi connectivity index (χ1v) is 13.4. The van der Waals surface area contributed by atoms with Gasteiger partial charge in [0, 0.05) is 70.4 Å². The number of nitrogens with one attached hydrogen (secondary N) is 1. The van der Waals surface area contributed by atoms with E-state index in [4.69, 9.17) is 9.72 Å². The first kappa shape index (κ1) is 23.6. The Labute approximate surface area is 213 Å². The topological polar surface area (TPSA) is 69.7 Å². The number of pyridine rings is 1. The van der Waals surface area contributed by atoms with Crippen LogP contribution in [0.3, 0.4) is 0 Å². The number of ether oxygens (including phenoxy) is 1. The summed E-state index contributed by atoms with van der Waals surface area (Å²) in [5.74, 6) is 1.12. The molecule has 0 saturated carbocycles. The summed E-state index contributed by atoms with van der Waals surface area (Å²) >= 11 is 0. The van der Waals surface area contributed by atoms with Crippen molar-refractivity contribution in [1.29, 1.82) is 0 Å². The molecule has 3 aromatic rings. The van der Waals surface area contributed by atoms with Crippen LogP contribution in [0.5, 0.6) is 0 Å². The smallest absolute Gasteiger partial charge is 0.128 e. The van der Waals surface area contributed by atoms with Crippen molar-refractivity contribution in [2.45, 2.75) is 45.4 Å². The molecule has 0 spiro atoms. The molecule has 2 fully saturated rings. The number of anilines is 2. The van der Waals surface area contributed by atoms with Gasteiger partial charge in [-0.1, -0.05) is 6.07 Å². The second kappa shape index (κ2) is 9.92. The number of rotatable bonds is 4. The Morgan fingerprint density at radius 2 is 1.78 bits per heavy atom. The first-order valence-electron chi connectivity index (χ1n) is 13.4. The molecule has 5 heterocycles. The number of hydrogen-bond donors (Lipinski definition) is 1. The van der Waals surface area contributed by atoms with E-state index in [9.17, 15) is 0 Å². The minimum atomic E-state index is 0.169. The highest BCUT2D eigenvalue weighted by molar-refractivity contribution is 5.90. The highest BCUT2D eigenvalue weighted by atomic mass is 16.5. The van der Waals surface area contributed by atoms with E-state index in [-0.39, 0.29) is 12.2 Å². The van der Waals surface area contributed by atoms with Crippen LogP contribution in [0.4, 0.5) is 11.5 Å². The van der Waals surface area contributed by atoms with Gasteiger partial charge in [-0.25, -0.2) is 4.98 Å². The number of morpholine rings is 1. The lowest BCUT2D eigenvalue weighted by atomic mass is 9.97. The molecule has 3 atom stereocenters. The fourth-order valence-corrected chi connectivity index (χ4v) is 6.03. The van der Waals surface area contributed by atoms with Crippen molar-refractivity contribution in [3.63, 3.8) is 0 Å². The van der Waals surface area contributed by atoms with E-state index in [1.807, 2.05) is 0 Å². The molecule has 36 heavy (non-hydrogen) atoms. The molecular formula is C28H37N7O. The summed E-state index contributed by atoms with van der Waals surface area (Å²) < 4.78 is 6.41. The van der Waals surface area contributed by atoms with Crippen LogP contribution in [0.25, 0.3) is 11.0 Å². The van der Waals surface area contributed by atoms with Crippen LogP contribution < -0.4 is 15.1 Å².